The van der Waals surface area contributed by atoms with Crippen LogP contribution in [0.4, 0.5) is 13.2 Å². The third-order valence-electron chi connectivity index (χ3n) is 1.80. The van der Waals surface area contributed by atoms with Crippen LogP contribution >= 0.6 is 11.6 Å². The van der Waals surface area contributed by atoms with Gasteiger partial charge in [0.05, 0.1) is 0 Å². The van der Waals surface area contributed by atoms with E-state index in [1.165, 1.54) is 13.8 Å². The summed E-state index contributed by atoms with van der Waals surface area (Å²) in [5.74, 6) is -3.61. The first-order valence-corrected chi connectivity index (χ1v) is 4.25. The topological polar surface area (TPSA) is 26.0 Å². The second-order valence-electron chi connectivity index (χ2n) is 3.57. The number of halogens is 4. The highest BCUT2D eigenvalue weighted by Crippen LogP contribution is 2.29. The molecular weight excluding hydrogens is 215 g/mol. The Morgan fingerprint density at radius 1 is 1.21 bits per heavy atom. The predicted molar refractivity (Wildman–Crippen MR) is 48.5 cm³/mol. The van der Waals surface area contributed by atoms with E-state index in [0.717, 1.165) is 6.07 Å². The Bertz CT molecular complexity index is 371. The summed E-state index contributed by atoms with van der Waals surface area (Å²) in [5, 5.41) is -0.862. The summed E-state index contributed by atoms with van der Waals surface area (Å²) >= 11 is 5.25. The third-order valence-corrected chi connectivity index (χ3v) is 2.13. The van der Waals surface area contributed by atoms with E-state index in [4.69, 9.17) is 17.3 Å². The maximum atomic E-state index is 13.3. The molecule has 5 heteroatoms. The maximum absolute atomic E-state index is 13.3. The molecule has 1 nitrogen and oxygen atoms in total. The highest BCUT2D eigenvalue weighted by Gasteiger charge is 2.25. The fourth-order valence-corrected chi connectivity index (χ4v) is 1.23. The van der Waals surface area contributed by atoms with E-state index in [9.17, 15) is 13.2 Å². The van der Waals surface area contributed by atoms with Gasteiger partial charge in [-0.1, -0.05) is 11.6 Å². The Morgan fingerprint density at radius 3 is 2.14 bits per heavy atom. The SMILES string of the molecule is CC(C)(N)c1cc(F)c(F)c(Cl)c1F. The minimum atomic E-state index is -1.39. The van der Waals surface area contributed by atoms with Crippen LogP contribution < -0.4 is 5.73 Å². The van der Waals surface area contributed by atoms with Crippen molar-refractivity contribution in [1.82, 2.24) is 0 Å². The number of rotatable bonds is 1. The molecule has 0 aliphatic rings. The van der Waals surface area contributed by atoms with Gasteiger partial charge in [-0.3, -0.25) is 0 Å². The molecule has 0 bridgehead atoms. The van der Waals surface area contributed by atoms with Crippen molar-refractivity contribution in [1.29, 1.82) is 0 Å². The molecule has 0 radical (unpaired) electrons. The first-order chi connectivity index (χ1) is 6.25. The van der Waals surface area contributed by atoms with Gasteiger partial charge < -0.3 is 5.73 Å². The Balaban J connectivity index is 3.49. The van der Waals surface area contributed by atoms with Crippen LogP contribution in [0.1, 0.15) is 19.4 Å². The van der Waals surface area contributed by atoms with E-state index in [2.05, 4.69) is 0 Å². The summed E-state index contributed by atoms with van der Waals surface area (Å²) in [6.45, 7) is 2.94. The Labute approximate surface area is 84.7 Å². The quantitative estimate of drug-likeness (QED) is 0.575. The van der Waals surface area contributed by atoms with E-state index in [0.29, 0.717) is 0 Å². The van der Waals surface area contributed by atoms with Gasteiger partial charge in [0, 0.05) is 11.1 Å². The summed E-state index contributed by atoms with van der Waals surface area (Å²) in [7, 11) is 0. The summed E-state index contributed by atoms with van der Waals surface area (Å²) in [6, 6.07) is 0.719. The molecule has 0 heterocycles. The zero-order valence-corrected chi connectivity index (χ0v) is 8.42. The van der Waals surface area contributed by atoms with Gasteiger partial charge in [-0.05, 0) is 19.9 Å². The Kier molecular flexibility index (Phi) is 2.78. The van der Waals surface area contributed by atoms with Crippen LogP contribution in [0.2, 0.25) is 5.02 Å². The molecule has 0 saturated carbocycles. The fourth-order valence-electron chi connectivity index (χ4n) is 1.04. The van der Waals surface area contributed by atoms with E-state index in [1.807, 2.05) is 0 Å². The largest absolute Gasteiger partial charge is 0.322 e. The summed E-state index contributed by atoms with van der Waals surface area (Å²) < 4.78 is 39.0. The average molecular weight is 224 g/mol. The summed E-state index contributed by atoms with van der Waals surface area (Å²) in [5.41, 5.74) is 4.30. The molecule has 0 amide bonds. The van der Waals surface area contributed by atoms with E-state index in [-0.39, 0.29) is 5.56 Å². The van der Waals surface area contributed by atoms with Crippen LogP contribution in [-0.2, 0) is 5.54 Å². The van der Waals surface area contributed by atoms with E-state index < -0.39 is 28.0 Å². The fraction of sp³-hybridized carbons (Fsp3) is 0.333. The van der Waals surface area contributed by atoms with E-state index in [1.54, 1.807) is 0 Å². The van der Waals surface area contributed by atoms with Gasteiger partial charge in [-0.2, -0.15) is 0 Å². The van der Waals surface area contributed by atoms with Gasteiger partial charge >= 0.3 is 0 Å². The number of hydrogen-bond donors (Lipinski definition) is 1. The minimum absolute atomic E-state index is 0.151. The van der Waals surface area contributed by atoms with Gasteiger partial charge in [0.25, 0.3) is 0 Å². The lowest BCUT2D eigenvalue weighted by Crippen LogP contribution is -2.30. The number of hydrogen-bond acceptors (Lipinski definition) is 1. The number of benzene rings is 1. The molecular formula is C9H9ClF3N. The molecule has 0 fully saturated rings. The van der Waals surface area contributed by atoms with Crippen molar-refractivity contribution in [2.45, 2.75) is 19.4 Å². The first kappa shape index (κ1) is 11.3. The third kappa shape index (κ3) is 1.86. The smallest absolute Gasteiger partial charge is 0.180 e. The van der Waals surface area contributed by atoms with Crippen molar-refractivity contribution in [3.63, 3.8) is 0 Å². The van der Waals surface area contributed by atoms with Crippen LogP contribution in [0.15, 0.2) is 6.07 Å². The molecule has 1 aromatic carbocycles. The molecule has 1 rings (SSSR count). The second kappa shape index (κ2) is 3.44. The van der Waals surface area contributed by atoms with Gasteiger partial charge in [0.15, 0.2) is 11.6 Å². The molecule has 14 heavy (non-hydrogen) atoms. The van der Waals surface area contributed by atoms with Gasteiger partial charge in [0.1, 0.15) is 10.8 Å². The molecule has 0 aliphatic carbocycles. The van der Waals surface area contributed by atoms with Crippen LogP contribution in [0.3, 0.4) is 0 Å². The molecule has 0 atom stereocenters. The molecule has 78 valence electrons. The van der Waals surface area contributed by atoms with Crippen molar-refractivity contribution in [2.24, 2.45) is 5.73 Å². The average Bonchev–Trinajstić information content (AvgIpc) is 2.06. The monoisotopic (exact) mass is 223 g/mol. The Hall–Kier alpha value is -0.740. The van der Waals surface area contributed by atoms with Crippen LogP contribution in [0.25, 0.3) is 0 Å². The predicted octanol–water partition coefficient (Wildman–Crippen LogP) is 2.95. The zero-order valence-electron chi connectivity index (χ0n) is 7.67. The van der Waals surface area contributed by atoms with Crippen LogP contribution in [0.5, 0.6) is 0 Å². The lowest BCUT2D eigenvalue weighted by atomic mass is 9.95. The molecule has 0 spiro atoms. The summed E-state index contributed by atoms with van der Waals surface area (Å²) in [6.07, 6.45) is 0. The molecule has 1 aromatic rings. The lowest BCUT2D eigenvalue weighted by Gasteiger charge is -2.20. The van der Waals surface area contributed by atoms with Crippen molar-refractivity contribution in [3.8, 4) is 0 Å². The lowest BCUT2D eigenvalue weighted by molar-refractivity contribution is 0.460. The van der Waals surface area contributed by atoms with Crippen LogP contribution in [0, 0.1) is 17.5 Å². The molecule has 0 aromatic heterocycles. The first-order valence-electron chi connectivity index (χ1n) is 3.87. The minimum Gasteiger partial charge on any atom is -0.322 e. The van der Waals surface area contributed by atoms with Crippen LogP contribution in [-0.4, -0.2) is 0 Å². The second-order valence-corrected chi connectivity index (χ2v) is 3.95. The molecule has 0 unspecified atom stereocenters. The standard InChI is InChI=1S/C9H9ClF3N/c1-9(2,14)4-3-5(11)8(13)6(10)7(4)12/h3H,14H2,1-2H3. The van der Waals surface area contributed by atoms with Crippen molar-refractivity contribution < 1.29 is 13.2 Å². The molecule has 0 aliphatic heterocycles. The van der Waals surface area contributed by atoms with Crippen molar-refractivity contribution >= 4 is 11.6 Å². The maximum Gasteiger partial charge on any atom is 0.180 e. The van der Waals surface area contributed by atoms with Crippen molar-refractivity contribution in [2.75, 3.05) is 0 Å². The van der Waals surface area contributed by atoms with Gasteiger partial charge in [0.2, 0.25) is 0 Å². The summed E-state index contributed by atoms with van der Waals surface area (Å²) in [4.78, 5) is 0. The van der Waals surface area contributed by atoms with E-state index >= 15 is 0 Å². The van der Waals surface area contributed by atoms with Gasteiger partial charge in [-0.25, -0.2) is 13.2 Å². The number of nitrogens with two attached hydrogens (primary N) is 1. The molecule has 0 saturated heterocycles. The van der Waals surface area contributed by atoms with Gasteiger partial charge in [-0.15, -0.1) is 0 Å². The Morgan fingerprint density at radius 2 is 1.71 bits per heavy atom. The molecule has 2 N–H and O–H groups in total. The highest BCUT2D eigenvalue weighted by molar-refractivity contribution is 6.31. The van der Waals surface area contributed by atoms with Crippen molar-refractivity contribution in [3.05, 3.63) is 34.1 Å². The highest BCUT2D eigenvalue weighted by atomic mass is 35.5. The zero-order chi connectivity index (χ0) is 11.1. The normalized spacial score (nSPS) is 11.9.